The quantitative estimate of drug-likeness (QED) is 0.144. The third kappa shape index (κ3) is 4.81. The number of rotatable bonds is 5. The van der Waals surface area contributed by atoms with Crippen LogP contribution in [0, 0.1) is 0 Å². The molecule has 3 nitrogen and oxygen atoms in total. The number of fused-ring (bicyclic) bond motifs is 4. The maximum Gasteiger partial charge on any atom is 0.164 e. The monoisotopic (exact) mass is 611 g/mol. The lowest BCUT2D eigenvalue weighted by Crippen LogP contribution is -2.02. The Bertz CT molecular complexity index is 2610. The van der Waals surface area contributed by atoms with Crippen LogP contribution in [0.15, 0.2) is 176 Å². The Morgan fingerprint density at radius 2 is 0.771 bits per heavy atom. The van der Waals surface area contributed by atoms with Gasteiger partial charge in [0.25, 0.3) is 0 Å². The van der Waals surface area contributed by atoms with Gasteiger partial charge in [0, 0.05) is 16.7 Å². The molecular formula is C45H29N3. The molecule has 0 aliphatic carbocycles. The fraction of sp³-hybridized carbons (Fsp3) is 0. The molecule has 0 spiro atoms. The number of nitrogens with zero attached hydrogens (tertiary/aromatic N) is 3. The van der Waals surface area contributed by atoms with Gasteiger partial charge in [-0.05, 0) is 60.6 Å². The van der Waals surface area contributed by atoms with Gasteiger partial charge in [-0.1, -0.05) is 170 Å². The maximum atomic E-state index is 5.26. The molecule has 1 aromatic heterocycles. The standard InChI is InChI=1S/C45H29N3/c1-3-15-30(16-4-1)34-21-11-13-25-39(34)44-46-43(32-18-5-2-6-19-32)47-45(48-44)40-26-14-12-24-37(40)42-36-23-10-8-20-33(36)29-41-35-22-9-7-17-31(35)27-28-38(41)42/h1-29H. The summed E-state index contributed by atoms with van der Waals surface area (Å²) in [4.78, 5) is 15.5. The molecule has 0 atom stereocenters. The highest BCUT2D eigenvalue weighted by molar-refractivity contribution is 6.21. The molecule has 0 aliphatic rings. The Labute approximate surface area is 278 Å². The molecule has 1 heterocycles. The van der Waals surface area contributed by atoms with Crippen molar-refractivity contribution in [3.8, 4) is 56.4 Å². The van der Waals surface area contributed by atoms with Crippen LogP contribution in [0.25, 0.3) is 88.7 Å². The number of benzene rings is 8. The first-order valence-corrected chi connectivity index (χ1v) is 16.2. The minimum Gasteiger partial charge on any atom is -0.208 e. The molecule has 8 aromatic carbocycles. The molecule has 0 N–H and O–H groups in total. The number of hydrogen-bond acceptors (Lipinski definition) is 3. The third-order valence-electron chi connectivity index (χ3n) is 9.13. The van der Waals surface area contributed by atoms with E-state index in [1.165, 1.54) is 37.9 Å². The van der Waals surface area contributed by atoms with Crippen molar-refractivity contribution in [3.63, 3.8) is 0 Å². The van der Waals surface area contributed by atoms with Crippen molar-refractivity contribution in [1.82, 2.24) is 15.0 Å². The normalized spacial score (nSPS) is 11.3. The molecule has 0 unspecified atom stereocenters. The second kappa shape index (κ2) is 11.7. The van der Waals surface area contributed by atoms with Gasteiger partial charge in [-0.25, -0.2) is 15.0 Å². The lowest BCUT2D eigenvalue weighted by Gasteiger charge is -2.17. The van der Waals surface area contributed by atoms with Crippen molar-refractivity contribution in [2.24, 2.45) is 0 Å². The molecule has 48 heavy (non-hydrogen) atoms. The fourth-order valence-electron chi connectivity index (χ4n) is 6.89. The van der Waals surface area contributed by atoms with Crippen LogP contribution in [0.5, 0.6) is 0 Å². The summed E-state index contributed by atoms with van der Waals surface area (Å²) in [6.45, 7) is 0. The van der Waals surface area contributed by atoms with Gasteiger partial charge < -0.3 is 0 Å². The summed E-state index contributed by atoms with van der Waals surface area (Å²) in [7, 11) is 0. The molecule has 0 fully saturated rings. The lowest BCUT2D eigenvalue weighted by atomic mass is 9.88. The number of hydrogen-bond donors (Lipinski definition) is 0. The van der Waals surface area contributed by atoms with Gasteiger partial charge in [0.05, 0.1) is 0 Å². The van der Waals surface area contributed by atoms with Gasteiger partial charge in [-0.3, -0.25) is 0 Å². The van der Waals surface area contributed by atoms with Crippen LogP contribution in [0.4, 0.5) is 0 Å². The fourth-order valence-corrected chi connectivity index (χ4v) is 6.89. The average Bonchev–Trinajstić information content (AvgIpc) is 3.17. The topological polar surface area (TPSA) is 38.7 Å². The van der Waals surface area contributed by atoms with E-state index < -0.39 is 0 Å². The predicted molar refractivity (Wildman–Crippen MR) is 200 cm³/mol. The first-order chi connectivity index (χ1) is 23.8. The van der Waals surface area contributed by atoms with Crippen molar-refractivity contribution >= 4 is 32.3 Å². The molecule has 0 radical (unpaired) electrons. The van der Waals surface area contributed by atoms with Gasteiger partial charge in [-0.2, -0.15) is 0 Å². The van der Waals surface area contributed by atoms with E-state index in [0.29, 0.717) is 17.5 Å². The van der Waals surface area contributed by atoms with E-state index >= 15 is 0 Å². The molecule has 0 bridgehead atoms. The SMILES string of the molecule is c1ccc(-c2nc(-c3ccccc3-c3ccccc3)nc(-c3ccccc3-c3c4ccccc4cc4c3ccc3ccccc34)n2)cc1. The molecule has 3 heteroatoms. The molecule has 0 saturated heterocycles. The Balaban J connectivity index is 1.34. The summed E-state index contributed by atoms with van der Waals surface area (Å²) in [5.41, 5.74) is 7.32. The molecule has 0 aliphatic heterocycles. The highest BCUT2D eigenvalue weighted by atomic mass is 15.0. The van der Waals surface area contributed by atoms with Gasteiger partial charge in [0.15, 0.2) is 17.5 Å². The molecule has 9 rings (SSSR count). The van der Waals surface area contributed by atoms with Crippen LogP contribution < -0.4 is 0 Å². The minimum absolute atomic E-state index is 0.638. The summed E-state index contributed by atoms with van der Waals surface area (Å²) in [5.74, 6) is 1.92. The van der Waals surface area contributed by atoms with E-state index in [4.69, 9.17) is 15.0 Å². The van der Waals surface area contributed by atoms with E-state index in [1.807, 2.05) is 30.3 Å². The summed E-state index contributed by atoms with van der Waals surface area (Å²) in [6.07, 6.45) is 0. The van der Waals surface area contributed by atoms with E-state index in [-0.39, 0.29) is 0 Å². The zero-order valence-electron chi connectivity index (χ0n) is 26.1. The first-order valence-electron chi connectivity index (χ1n) is 16.2. The lowest BCUT2D eigenvalue weighted by molar-refractivity contribution is 1.07. The van der Waals surface area contributed by atoms with Gasteiger partial charge in [0.1, 0.15) is 0 Å². The minimum atomic E-state index is 0.638. The molecule has 0 amide bonds. The smallest absolute Gasteiger partial charge is 0.164 e. The van der Waals surface area contributed by atoms with E-state index in [2.05, 4.69) is 146 Å². The van der Waals surface area contributed by atoms with Crippen molar-refractivity contribution < 1.29 is 0 Å². The van der Waals surface area contributed by atoms with Gasteiger partial charge in [0.2, 0.25) is 0 Å². The van der Waals surface area contributed by atoms with Crippen molar-refractivity contribution in [1.29, 1.82) is 0 Å². The highest BCUT2D eigenvalue weighted by Gasteiger charge is 2.20. The van der Waals surface area contributed by atoms with Crippen LogP contribution >= 0.6 is 0 Å². The van der Waals surface area contributed by atoms with Crippen LogP contribution in [0.2, 0.25) is 0 Å². The summed E-state index contributed by atoms with van der Waals surface area (Å²) in [6, 6.07) is 61.6. The summed E-state index contributed by atoms with van der Waals surface area (Å²) in [5, 5.41) is 7.29. The van der Waals surface area contributed by atoms with E-state index in [1.54, 1.807) is 0 Å². The van der Waals surface area contributed by atoms with Crippen LogP contribution in [-0.2, 0) is 0 Å². The summed E-state index contributed by atoms with van der Waals surface area (Å²) >= 11 is 0. The molecular weight excluding hydrogens is 583 g/mol. The van der Waals surface area contributed by atoms with Gasteiger partial charge >= 0.3 is 0 Å². The second-order valence-corrected chi connectivity index (χ2v) is 12.0. The molecule has 9 aromatic rings. The summed E-state index contributed by atoms with van der Waals surface area (Å²) < 4.78 is 0. The third-order valence-corrected chi connectivity index (χ3v) is 9.13. The largest absolute Gasteiger partial charge is 0.208 e. The predicted octanol–water partition coefficient (Wildman–Crippen LogP) is 11.7. The van der Waals surface area contributed by atoms with Crippen LogP contribution in [0.3, 0.4) is 0 Å². The van der Waals surface area contributed by atoms with E-state index in [0.717, 1.165) is 33.4 Å². The maximum absolute atomic E-state index is 5.26. The zero-order valence-corrected chi connectivity index (χ0v) is 26.1. The Morgan fingerprint density at radius 1 is 0.271 bits per heavy atom. The molecule has 0 saturated carbocycles. The van der Waals surface area contributed by atoms with Crippen LogP contribution in [0.1, 0.15) is 0 Å². The Hall–Kier alpha value is -6.45. The van der Waals surface area contributed by atoms with E-state index in [9.17, 15) is 0 Å². The van der Waals surface area contributed by atoms with Crippen molar-refractivity contribution in [2.45, 2.75) is 0 Å². The first kappa shape index (κ1) is 27.8. The van der Waals surface area contributed by atoms with Gasteiger partial charge in [-0.15, -0.1) is 0 Å². The average molecular weight is 612 g/mol. The highest BCUT2D eigenvalue weighted by Crippen LogP contribution is 2.43. The Morgan fingerprint density at radius 3 is 1.48 bits per heavy atom. The molecule has 224 valence electrons. The van der Waals surface area contributed by atoms with Crippen LogP contribution in [-0.4, -0.2) is 15.0 Å². The number of aromatic nitrogens is 3. The Kier molecular flexibility index (Phi) is 6.80. The van der Waals surface area contributed by atoms with Crippen molar-refractivity contribution in [2.75, 3.05) is 0 Å². The second-order valence-electron chi connectivity index (χ2n) is 12.0. The zero-order chi connectivity index (χ0) is 31.9. The van der Waals surface area contributed by atoms with Crippen molar-refractivity contribution in [3.05, 3.63) is 176 Å².